The van der Waals surface area contributed by atoms with Crippen LogP contribution in [-0.4, -0.2) is 37.3 Å². The first-order chi connectivity index (χ1) is 11.4. The molecule has 0 unspecified atom stereocenters. The number of anilines is 1. The zero-order valence-corrected chi connectivity index (χ0v) is 14.6. The molecule has 1 amide bonds. The molecule has 0 atom stereocenters. The molecule has 0 radical (unpaired) electrons. The predicted molar refractivity (Wildman–Crippen MR) is 93.1 cm³/mol. The Kier molecular flexibility index (Phi) is 4.94. The predicted octanol–water partition coefficient (Wildman–Crippen LogP) is 2.07. The van der Waals surface area contributed by atoms with Gasteiger partial charge in [0.15, 0.2) is 0 Å². The van der Waals surface area contributed by atoms with E-state index in [0.717, 1.165) is 32.1 Å². The van der Waals surface area contributed by atoms with Gasteiger partial charge in [-0.25, -0.2) is 8.42 Å². The Morgan fingerprint density at radius 2 is 1.75 bits per heavy atom. The minimum absolute atomic E-state index is 0.222. The number of carbonyl (C=O) groups is 1. The second-order valence-corrected chi connectivity index (χ2v) is 8.75. The number of nitrogens with zero attached hydrogens (tertiary/aromatic N) is 1. The van der Waals surface area contributed by atoms with Gasteiger partial charge in [0.05, 0.1) is 10.4 Å². The average Bonchev–Trinajstić information content (AvgIpc) is 3.04. The topological polar surface area (TPSA) is 92.5 Å². The maximum atomic E-state index is 12.7. The van der Waals surface area contributed by atoms with Crippen LogP contribution >= 0.6 is 0 Å². The largest absolute Gasteiger partial charge is 0.324 e. The Labute approximate surface area is 143 Å². The first-order valence-electron chi connectivity index (χ1n) is 8.62. The minimum atomic E-state index is -3.50. The highest BCUT2D eigenvalue weighted by Crippen LogP contribution is 2.29. The Balaban J connectivity index is 1.77. The van der Waals surface area contributed by atoms with Gasteiger partial charge in [-0.1, -0.05) is 25.3 Å². The lowest BCUT2D eigenvalue weighted by atomic mass is 9.98. The van der Waals surface area contributed by atoms with Crippen LogP contribution in [0.2, 0.25) is 0 Å². The highest BCUT2D eigenvalue weighted by molar-refractivity contribution is 7.89. The molecule has 1 aliphatic carbocycles. The smallest absolute Gasteiger partial charge is 0.244 e. The highest BCUT2D eigenvalue weighted by Gasteiger charge is 2.37. The summed E-state index contributed by atoms with van der Waals surface area (Å²) in [5, 5.41) is 2.79. The Hall–Kier alpha value is -1.44. The van der Waals surface area contributed by atoms with Gasteiger partial charge in [-0.2, -0.15) is 4.31 Å². The van der Waals surface area contributed by atoms with Gasteiger partial charge in [0, 0.05) is 18.8 Å². The highest BCUT2D eigenvalue weighted by atomic mass is 32.2. The molecule has 0 aromatic heterocycles. The van der Waals surface area contributed by atoms with Crippen molar-refractivity contribution in [1.29, 1.82) is 0 Å². The van der Waals surface area contributed by atoms with E-state index in [4.69, 9.17) is 5.73 Å². The Morgan fingerprint density at radius 1 is 1.08 bits per heavy atom. The number of sulfonamides is 1. The third kappa shape index (κ3) is 3.48. The molecule has 2 aliphatic rings. The van der Waals surface area contributed by atoms with Crippen molar-refractivity contribution in [1.82, 2.24) is 4.31 Å². The standard InChI is InChI=1S/C17H25N3O3S/c18-17(9-2-3-10-17)16(21)19-14-7-6-8-15(13-14)24(22,23)20-11-4-1-5-12-20/h6-8,13H,1-5,9-12,18H2,(H,19,21). The molecule has 7 heteroatoms. The van der Waals surface area contributed by atoms with Gasteiger partial charge in [0.25, 0.3) is 0 Å². The summed E-state index contributed by atoms with van der Waals surface area (Å²) >= 11 is 0. The first-order valence-corrected chi connectivity index (χ1v) is 10.1. The van der Waals surface area contributed by atoms with E-state index in [1.165, 1.54) is 10.4 Å². The van der Waals surface area contributed by atoms with Crippen molar-refractivity contribution in [2.45, 2.75) is 55.4 Å². The van der Waals surface area contributed by atoms with Crippen molar-refractivity contribution in [3.8, 4) is 0 Å². The van der Waals surface area contributed by atoms with Crippen molar-refractivity contribution < 1.29 is 13.2 Å². The molecule has 1 aliphatic heterocycles. The molecule has 0 bridgehead atoms. The summed E-state index contributed by atoms with van der Waals surface area (Å²) < 4.78 is 27.0. The van der Waals surface area contributed by atoms with Crippen LogP contribution in [0.15, 0.2) is 29.2 Å². The minimum Gasteiger partial charge on any atom is -0.324 e. The van der Waals surface area contributed by atoms with E-state index in [0.29, 0.717) is 31.6 Å². The zero-order valence-electron chi connectivity index (χ0n) is 13.8. The number of nitrogens with one attached hydrogen (secondary N) is 1. The summed E-state index contributed by atoms with van der Waals surface area (Å²) in [6.45, 7) is 1.12. The van der Waals surface area contributed by atoms with Crippen molar-refractivity contribution in [2.24, 2.45) is 5.73 Å². The van der Waals surface area contributed by atoms with Crippen molar-refractivity contribution in [3.05, 3.63) is 24.3 Å². The van der Waals surface area contributed by atoms with Crippen molar-refractivity contribution in [2.75, 3.05) is 18.4 Å². The Bertz CT molecular complexity index is 706. The molecule has 6 nitrogen and oxygen atoms in total. The van der Waals surface area contributed by atoms with Crippen LogP contribution in [0.3, 0.4) is 0 Å². The van der Waals surface area contributed by atoms with Gasteiger partial charge in [-0.3, -0.25) is 4.79 Å². The number of hydrogen-bond acceptors (Lipinski definition) is 4. The second kappa shape index (κ2) is 6.82. The van der Waals surface area contributed by atoms with Gasteiger partial charge in [-0.15, -0.1) is 0 Å². The van der Waals surface area contributed by atoms with Crippen LogP contribution in [0.4, 0.5) is 5.69 Å². The number of piperidine rings is 1. The molecule has 1 aromatic carbocycles. The number of rotatable bonds is 4. The SMILES string of the molecule is NC1(C(=O)Nc2cccc(S(=O)(=O)N3CCCCC3)c2)CCCC1. The fourth-order valence-corrected chi connectivity index (χ4v) is 5.04. The lowest BCUT2D eigenvalue weighted by Crippen LogP contribution is -2.48. The zero-order chi connectivity index (χ0) is 17.2. The number of nitrogens with two attached hydrogens (primary N) is 1. The summed E-state index contributed by atoms with van der Waals surface area (Å²) in [6, 6.07) is 6.46. The van der Waals surface area contributed by atoms with E-state index in [-0.39, 0.29) is 10.8 Å². The molecule has 3 N–H and O–H groups in total. The van der Waals surface area contributed by atoms with Gasteiger partial charge in [-0.05, 0) is 43.9 Å². The van der Waals surface area contributed by atoms with Crippen LogP contribution < -0.4 is 11.1 Å². The Morgan fingerprint density at radius 3 is 2.42 bits per heavy atom. The van der Waals surface area contributed by atoms with Gasteiger partial charge in [0.2, 0.25) is 15.9 Å². The number of amides is 1. The van der Waals surface area contributed by atoms with Crippen molar-refractivity contribution >= 4 is 21.6 Å². The van der Waals surface area contributed by atoms with E-state index >= 15 is 0 Å². The molecule has 1 heterocycles. The maximum Gasteiger partial charge on any atom is 0.244 e. The van der Waals surface area contributed by atoms with E-state index in [1.54, 1.807) is 18.2 Å². The van der Waals surface area contributed by atoms with Gasteiger partial charge < -0.3 is 11.1 Å². The summed E-state index contributed by atoms with van der Waals surface area (Å²) in [5.74, 6) is -0.229. The first kappa shape index (κ1) is 17.4. The molecular weight excluding hydrogens is 326 g/mol. The maximum absolute atomic E-state index is 12.7. The van der Waals surface area contributed by atoms with Crippen LogP contribution in [-0.2, 0) is 14.8 Å². The fourth-order valence-electron chi connectivity index (χ4n) is 3.48. The van der Waals surface area contributed by atoms with E-state index in [2.05, 4.69) is 5.32 Å². The normalized spacial score (nSPS) is 21.5. The van der Waals surface area contributed by atoms with Crippen LogP contribution in [0, 0.1) is 0 Å². The van der Waals surface area contributed by atoms with Gasteiger partial charge >= 0.3 is 0 Å². The quantitative estimate of drug-likeness (QED) is 0.868. The fraction of sp³-hybridized carbons (Fsp3) is 0.588. The average molecular weight is 351 g/mol. The van der Waals surface area contributed by atoms with Crippen molar-refractivity contribution in [3.63, 3.8) is 0 Å². The molecule has 0 spiro atoms. The van der Waals surface area contributed by atoms with E-state index in [1.807, 2.05) is 0 Å². The number of benzene rings is 1. The summed E-state index contributed by atoms with van der Waals surface area (Å²) in [7, 11) is -3.50. The molecule has 1 saturated heterocycles. The van der Waals surface area contributed by atoms with Crippen LogP contribution in [0.1, 0.15) is 44.9 Å². The number of hydrogen-bond donors (Lipinski definition) is 2. The monoisotopic (exact) mass is 351 g/mol. The van der Waals surface area contributed by atoms with E-state index < -0.39 is 15.6 Å². The summed E-state index contributed by atoms with van der Waals surface area (Å²) in [5.41, 5.74) is 5.80. The molecule has 132 valence electrons. The molecule has 2 fully saturated rings. The summed E-state index contributed by atoms with van der Waals surface area (Å²) in [6.07, 6.45) is 6.10. The molecule has 24 heavy (non-hydrogen) atoms. The molecule has 3 rings (SSSR count). The number of carbonyl (C=O) groups excluding carboxylic acids is 1. The molecule has 1 aromatic rings. The lowest BCUT2D eigenvalue weighted by molar-refractivity contribution is -0.121. The lowest BCUT2D eigenvalue weighted by Gasteiger charge is -2.26. The van der Waals surface area contributed by atoms with Gasteiger partial charge in [0.1, 0.15) is 0 Å². The third-order valence-corrected chi connectivity index (χ3v) is 6.89. The third-order valence-electron chi connectivity index (χ3n) is 4.99. The summed E-state index contributed by atoms with van der Waals surface area (Å²) in [4.78, 5) is 12.6. The molecular formula is C17H25N3O3S. The molecule has 1 saturated carbocycles. The van der Waals surface area contributed by atoms with Crippen LogP contribution in [0.25, 0.3) is 0 Å². The second-order valence-electron chi connectivity index (χ2n) is 6.81. The van der Waals surface area contributed by atoms with Crippen LogP contribution in [0.5, 0.6) is 0 Å². The van der Waals surface area contributed by atoms with E-state index in [9.17, 15) is 13.2 Å².